The van der Waals surface area contributed by atoms with E-state index in [0.29, 0.717) is 10.9 Å². The van der Waals surface area contributed by atoms with Gasteiger partial charge in [-0.2, -0.15) is 0 Å². The smallest absolute Gasteiger partial charge is 0.233 e. The van der Waals surface area contributed by atoms with Gasteiger partial charge >= 0.3 is 0 Å². The lowest BCUT2D eigenvalue weighted by Gasteiger charge is -2.33. The number of nitrogens with zero attached hydrogens (tertiary/aromatic N) is 3. The van der Waals surface area contributed by atoms with Crippen LogP contribution < -0.4 is 0 Å². The number of aromatic amines is 1. The molecule has 1 heterocycles. The van der Waals surface area contributed by atoms with Gasteiger partial charge in [-0.3, -0.25) is 9.89 Å². The molecular weight excluding hydrogens is 320 g/mol. The molecule has 1 N–H and O–H groups in total. The van der Waals surface area contributed by atoms with Crippen LogP contribution in [0.4, 0.5) is 0 Å². The van der Waals surface area contributed by atoms with Crippen molar-refractivity contribution in [2.45, 2.75) is 57.8 Å². The van der Waals surface area contributed by atoms with Gasteiger partial charge in [0.15, 0.2) is 5.82 Å². The zero-order chi connectivity index (χ0) is 17.5. The topological polar surface area (TPSA) is 61.9 Å². The number of aromatic nitrogens is 3. The Morgan fingerprint density at radius 2 is 1.79 bits per heavy atom. The highest BCUT2D eigenvalue weighted by molar-refractivity contribution is 7.99. The Hall–Kier alpha value is -1.82. The normalized spacial score (nSPS) is 13.5. The van der Waals surface area contributed by atoms with Crippen LogP contribution in [0.2, 0.25) is 0 Å². The Balaban J connectivity index is 1.99. The molecule has 0 spiro atoms. The fourth-order valence-electron chi connectivity index (χ4n) is 2.56. The van der Waals surface area contributed by atoms with E-state index in [9.17, 15) is 4.79 Å². The molecule has 24 heavy (non-hydrogen) atoms. The first-order valence-electron chi connectivity index (χ1n) is 8.48. The lowest BCUT2D eigenvalue weighted by molar-refractivity contribution is -0.132. The van der Waals surface area contributed by atoms with Crippen molar-refractivity contribution >= 4 is 17.7 Å². The van der Waals surface area contributed by atoms with E-state index < -0.39 is 0 Å². The number of hydrogen-bond donors (Lipinski definition) is 1. The molecule has 0 radical (unpaired) electrons. The van der Waals surface area contributed by atoms with Crippen LogP contribution in [0.1, 0.15) is 40.5 Å². The molecule has 0 aliphatic rings. The number of carbonyl (C=O) groups excluding carboxylic acids is 1. The molecule has 0 aliphatic carbocycles. The van der Waals surface area contributed by atoms with Crippen LogP contribution in [-0.4, -0.2) is 43.8 Å². The minimum atomic E-state index is 0.148. The molecule has 0 aliphatic heterocycles. The Bertz CT molecular complexity index is 633. The highest BCUT2D eigenvalue weighted by Gasteiger charge is 2.23. The number of thioether (sulfide) groups is 1. The molecule has 6 heteroatoms. The zero-order valence-corrected chi connectivity index (χ0v) is 15.6. The van der Waals surface area contributed by atoms with Crippen molar-refractivity contribution in [3.8, 4) is 11.4 Å². The quantitative estimate of drug-likeness (QED) is 0.734. The first kappa shape index (κ1) is 18.5. The summed E-state index contributed by atoms with van der Waals surface area (Å²) >= 11 is 1.38. The number of rotatable bonds is 8. The molecular formula is C18H26N4OS. The first-order valence-corrected chi connectivity index (χ1v) is 9.47. The molecule has 1 aromatic heterocycles. The van der Waals surface area contributed by atoms with Gasteiger partial charge in [-0.15, -0.1) is 5.10 Å². The molecule has 0 saturated heterocycles. The van der Waals surface area contributed by atoms with E-state index in [1.165, 1.54) is 11.8 Å². The van der Waals surface area contributed by atoms with E-state index in [-0.39, 0.29) is 18.0 Å². The van der Waals surface area contributed by atoms with Gasteiger partial charge in [-0.05, 0) is 26.7 Å². The van der Waals surface area contributed by atoms with Gasteiger partial charge < -0.3 is 4.90 Å². The number of amides is 1. The SMILES string of the molecule is CC[C@@H](C)N(C(=O)CSc1n[nH]c(-c2ccccc2)n1)[C@H](C)CC. The molecule has 2 rings (SSSR count). The fourth-order valence-corrected chi connectivity index (χ4v) is 3.22. The standard InChI is InChI=1S/C18H26N4OS/c1-5-13(3)22(14(4)6-2)16(23)12-24-18-19-17(20-21-18)15-10-8-7-9-11-15/h7-11,13-14H,5-6,12H2,1-4H3,(H,19,20,21)/t13-,14-/m1/s1. The van der Waals surface area contributed by atoms with Gasteiger partial charge in [0.25, 0.3) is 0 Å². The lowest BCUT2D eigenvalue weighted by Crippen LogP contribution is -2.45. The number of nitrogens with one attached hydrogen (secondary N) is 1. The average molecular weight is 347 g/mol. The molecule has 0 saturated carbocycles. The molecule has 5 nitrogen and oxygen atoms in total. The second-order valence-electron chi connectivity index (χ2n) is 5.94. The Morgan fingerprint density at radius 3 is 2.38 bits per heavy atom. The van der Waals surface area contributed by atoms with E-state index in [2.05, 4.69) is 42.9 Å². The molecule has 2 atom stereocenters. The highest BCUT2D eigenvalue weighted by atomic mass is 32.2. The van der Waals surface area contributed by atoms with Gasteiger partial charge in [0.05, 0.1) is 5.75 Å². The third-order valence-electron chi connectivity index (χ3n) is 4.26. The Labute approximate surface area is 148 Å². The third kappa shape index (κ3) is 4.60. The number of carbonyl (C=O) groups is 1. The van der Waals surface area contributed by atoms with Crippen molar-refractivity contribution in [1.29, 1.82) is 0 Å². The summed E-state index contributed by atoms with van der Waals surface area (Å²) in [5.41, 5.74) is 0.990. The van der Waals surface area contributed by atoms with Crippen molar-refractivity contribution in [3.63, 3.8) is 0 Å². The van der Waals surface area contributed by atoms with Gasteiger partial charge in [0.2, 0.25) is 11.1 Å². The summed E-state index contributed by atoms with van der Waals surface area (Å²) in [7, 11) is 0. The predicted octanol–water partition coefficient (Wildman–Crippen LogP) is 3.99. The molecule has 0 fully saturated rings. The second-order valence-corrected chi connectivity index (χ2v) is 6.88. The molecule has 1 amide bonds. The molecule has 0 unspecified atom stereocenters. The molecule has 2 aromatic rings. The van der Waals surface area contributed by atoms with Gasteiger partial charge in [0, 0.05) is 17.6 Å². The molecule has 0 bridgehead atoms. The maximum Gasteiger partial charge on any atom is 0.233 e. The average Bonchev–Trinajstić information content (AvgIpc) is 3.09. The summed E-state index contributed by atoms with van der Waals surface area (Å²) in [6.07, 6.45) is 1.92. The minimum absolute atomic E-state index is 0.148. The number of hydrogen-bond acceptors (Lipinski definition) is 4. The van der Waals surface area contributed by atoms with Crippen molar-refractivity contribution < 1.29 is 4.79 Å². The van der Waals surface area contributed by atoms with Crippen LogP contribution in [0.3, 0.4) is 0 Å². The van der Waals surface area contributed by atoms with Gasteiger partial charge in [0.1, 0.15) is 0 Å². The van der Waals surface area contributed by atoms with E-state index in [1.807, 2.05) is 35.2 Å². The van der Waals surface area contributed by atoms with E-state index in [4.69, 9.17) is 0 Å². The van der Waals surface area contributed by atoms with Crippen LogP contribution in [0.5, 0.6) is 0 Å². The van der Waals surface area contributed by atoms with Crippen molar-refractivity contribution in [2.75, 3.05) is 5.75 Å². The van der Waals surface area contributed by atoms with E-state index in [1.54, 1.807) is 0 Å². The van der Waals surface area contributed by atoms with E-state index >= 15 is 0 Å². The van der Waals surface area contributed by atoms with Crippen LogP contribution in [-0.2, 0) is 4.79 Å². The summed E-state index contributed by atoms with van der Waals surface area (Å²) in [6.45, 7) is 8.44. The minimum Gasteiger partial charge on any atom is -0.337 e. The maximum atomic E-state index is 12.6. The molecule has 130 valence electrons. The summed E-state index contributed by atoms with van der Waals surface area (Å²) in [4.78, 5) is 19.1. The van der Waals surface area contributed by atoms with Crippen LogP contribution >= 0.6 is 11.8 Å². The fraction of sp³-hybridized carbons (Fsp3) is 0.500. The van der Waals surface area contributed by atoms with Crippen molar-refractivity contribution in [1.82, 2.24) is 20.1 Å². The maximum absolute atomic E-state index is 12.6. The Morgan fingerprint density at radius 1 is 1.17 bits per heavy atom. The lowest BCUT2D eigenvalue weighted by atomic mass is 10.1. The number of benzene rings is 1. The summed E-state index contributed by atoms with van der Waals surface area (Å²) in [5, 5.41) is 7.75. The number of H-pyrrole nitrogens is 1. The predicted molar refractivity (Wildman–Crippen MR) is 98.9 cm³/mol. The highest BCUT2D eigenvalue weighted by Crippen LogP contribution is 2.21. The Kier molecular flexibility index (Phi) is 6.85. The molecule has 1 aromatic carbocycles. The van der Waals surface area contributed by atoms with Gasteiger partial charge in [-0.25, -0.2) is 4.98 Å². The van der Waals surface area contributed by atoms with Crippen LogP contribution in [0, 0.1) is 0 Å². The second kappa shape index (κ2) is 8.87. The zero-order valence-electron chi connectivity index (χ0n) is 14.8. The summed E-state index contributed by atoms with van der Waals surface area (Å²) in [6, 6.07) is 10.4. The first-order chi connectivity index (χ1) is 11.6. The van der Waals surface area contributed by atoms with Crippen molar-refractivity contribution in [3.05, 3.63) is 30.3 Å². The monoisotopic (exact) mass is 346 g/mol. The van der Waals surface area contributed by atoms with Gasteiger partial charge in [-0.1, -0.05) is 55.9 Å². The third-order valence-corrected chi connectivity index (χ3v) is 5.09. The van der Waals surface area contributed by atoms with E-state index in [0.717, 1.165) is 24.2 Å². The summed E-state index contributed by atoms with van der Waals surface area (Å²) < 4.78 is 0. The van der Waals surface area contributed by atoms with Crippen LogP contribution in [0.25, 0.3) is 11.4 Å². The van der Waals surface area contributed by atoms with Crippen molar-refractivity contribution in [2.24, 2.45) is 0 Å². The summed E-state index contributed by atoms with van der Waals surface area (Å²) in [5.74, 6) is 1.24. The largest absolute Gasteiger partial charge is 0.337 e. The van der Waals surface area contributed by atoms with Crippen LogP contribution in [0.15, 0.2) is 35.5 Å².